The van der Waals surface area contributed by atoms with E-state index in [2.05, 4.69) is 21.4 Å². The molecule has 0 saturated heterocycles. The molecule has 20 heavy (non-hydrogen) atoms. The summed E-state index contributed by atoms with van der Waals surface area (Å²) in [5.41, 5.74) is 2.45. The molecule has 0 amide bonds. The third-order valence-corrected chi connectivity index (χ3v) is 3.30. The predicted octanol–water partition coefficient (Wildman–Crippen LogP) is 3.45. The second-order valence-electron chi connectivity index (χ2n) is 5.31. The zero-order chi connectivity index (χ0) is 14.6. The molecule has 0 aliphatic carbocycles. The molecule has 1 atom stereocenters. The molecule has 1 heterocycles. The maximum absolute atomic E-state index is 9.13. The molecule has 102 valence electrons. The molecule has 0 spiro atoms. The van der Waals surface area contributed by atoms with Crippen LogP contribution in [0.3, 0.4) is 0 Å². The van der Waals surface area contributed by atoms with E-state index in [1.807, 2.05) is 45.0 Å². The van der Waals surface area contributed by atoms with E-state index in [-0.39, 0.29) is 6.04 Å². The van der Waals surface area contributed by atoms with Crippen LogP contribution in [0.4, 0.5) is 5.69 Å². The number of nitrogens with zero attached hydrogens (tertiary/aromatic N) is 3. The lowest BCUT2D eigenvalue weighted by atomic mass is 9.86. The van der Waals surface area contributed by atoms with Gasteiger partial charge in [0.25, 0.3) is 0 Å². The number of hydrogen-bond acceptors (Lipinski definition) is 4. The molecule has 0 aliphatic heterocycles. The van der Waals surface area contributed by atoms with Crippen LogP contribution in [0, 0.1) is 11.3 Å². The molecule has 4 nitrogen and oxygen atoms in total. The third-order valence-electron chi connectivity index (χ3n) is 3.30. The van der Waals surface area contributed by atoms with Gasteiger partial charge < -0.3 is 5.32 Å². The maximum Gasteiger partial charge on any atom is 0.0806 e. The van der Waals surface area contributed by atoms with E-state index in [9.17, 15) is 0 Å². The van der Waals surface area contributed by atoms with E-state index in [0.717, 1.165) is 16.9 Å². The van der Waals surface area contributed by atoms with Crippen LogP contribution in [-0.4, -0.2) is 9.97 Å². The summed E-state index contributed by atoms with van der Waals surface area (Å²) in [6.07, 6.45) is 5.10. The highest BCUT2D eigenvalue weighted by Crippen LogP contribution is 2.24. The summed E-state index contributed by atoms with van der Waals surface area (Å²) >= 11 is 0. The Hall–Kier alpha value is -2.41. The van der Waals surface area contributed by atoms with Crippen LogP contribution in [0.2, 0.25) is 0 Å². The van der Waals surface area contributed by atoms with Crippen molar-refractivity contribution in [2.75, 3.05) is 5.32 Å². The fraction of sp³-hybridized carbons (Fsp3) is 0.312. The normalized spacial score (nSPS) is 12.5. The van der Waals surface area contributed by atoms with Gasteiger partial charge in [-0.3, -0.25) is 9.97 Å². The zero-order valence-corrected chi connectivity index (χ0v) is 12.0. The van der Waals surface area contributed by atoms with Gasteiger partial charge in [-0.05, 0) is 38.5 Å². The van der Waals surface area contributed by atoms with Crippen LogP contribution in [0.15, 0.2) is 42.9 Å². The summed E-state index contributed by atoms with van der Waals surface area (Å²) in [6.45, 7) is 5.87. The van der Waals surface area contributed by atoms with Gasteiger partial charge >= 0.3 is 0 Å². The first-order valence-electron chi connectivity index (χ1n) is 6.57. The molecule has 1 aromatic heterocycles. The van der Waals surface area contributed by atoms with E-state index >= 15 is 0 Å². The van der Waals surface area contributed by atoms with Gasteiger partial charge in [-0.2, -0.15) is 5.26 Å². The molecule has 0 radical (unpaired) electrons. The predicted molar refractivity (Wildman–Crippen MR) is 79.2 cm³/mol. The lowest BCUT2D eigenvalue weighted by Crippen LogP contribution is -2.14. The molecule has 2 aromatic rings. The SMILES string of the molecule is CC(Nc1ccc(C(C)(C)C#N)cc1)c1cnccn1. The summed E-state index contributed by atoms with van der Waals surface area (Å²) in [6, 6.07) is 10.3. The Morgan fingerprint density at radius 3 is 2.45 bits per heavy atom. The second-order valence-corrected chi connectivity index (χ2v) is 5.31. The van der Waals surface area contributed by atoms with E-state index in [1.54, 1.807) is 18.6 Å². The van der Waals surface area contributed by atoms with Crippen LogP contribution in [0.25, 0.3) is 0 Å². The Labute approximate surface area is 119 Å². The van der Waals surface area contributed by atoms with Crippen molar-refractivity contribution in [1.29, 1.82) is 5.26 Å². The molecule has 0 saturated carbocycles. The minimum atomic E-state index is -0.463. The number of hydrogen-bond donors (Lipinski definition) is 1. The van der Waals surface area contributed by atoms with Gasteiger partial charge in [0.15, 0.2) is 0 Å². The Balaban J connectivity index is 2.10. The maximum atomic E-state index is 9.13. The number of aromatic nitrogens is 2. The lowest BCUT2D eigenvalue weighted by Gasteiger charge is -2.18. The Morgan fingerprint density at radius 2 is 1.90 bits per heavy atom. The second kappa shape index (κ2) is 5.70. The standard InChI is InChI=1S/C16H18N4/c1-12(15-10-18-8-9-19-15)20-14-6-4-13(5-7-14)16(2,3)11-17/h4-10,12,20H,1-3H3. The quantitative estimate of drug-likeness (QED) is 0.920. The van der Waals surface area contributed by atoms with Gasteiger partial charge in [0.1, 0.15) is 0 Å². The summed E-state index contributed by atoms with van der Waals surface area (Å²) in [5.74, 6) is 0. The molecule has 1 aromatic carbocycles. The minimum absolute atomic E-state index is 0.0820. The van der Waals surface area contributed by atoms with E-state index in [1.165, 1.54) is 0 Å². The highest BCUT2D eigenvalue weighted by atomic mass is 14.9. The summed E-state index contributed by atoms with van der Waals surface area (Å²) in [4.78, 5) is 8.34. The Bertz CT molecular complexity index is 597. The first-order chi connectivity index (χ1) is 9.53. The molecule has 0 fully saturated rings. The van der Waals surface area contributed by atoms with Gasteiger partial charge in [0.05, 0.1) is 29.4 Å². The Morgan fingerprint density at radius 1 is 1.20 bits per heavy atom. The fourth-order valence-electron chi connectivity index (χ4n) is 1.91. The highest BCUT2D eigenvalue weighted by Gasteiger charge is 2.19. The molecular formula is C16H18N4. The van der Waals surface area contributed by atoms with Crippen LogP contribution in [-0.2, 0) is 5.41 Å². The number of nitrogens with one attached hydrogen (secondary N) is 1. The van der Waals surface area contributed by atoms with Gasteiger partial charge in [0, 0.05) is 18.1 Å². The molecular weight excluding hydrogens is 248 g/mol. The zero-order valence-electron chi connectivity index (χ0n) is 12.0. The first-order valence-corrected chi connectivity index (χ1v) is 6.57. The topological polar surface area (TPSA) is 61.6 Å². The average Bonchev–Trinajstić information content (AvgIpc) is 2.48. The van der Waals surface area contributed by atoms with E-state index in [4.69, 9.17) is 5.26 Å². The number of benzene rings is 1. The summed E-state index contributed by atoms with van der Waals surface area (Å²) in [7, 11) is 0. The third kappa shape index (κ3) is 3.12. The van der Waals surface area contributed by atoms with Crippen molar-refractivity contribution in [2.24, 2.45) is 0 Å². The molecule has 0 aliphatic rings. The van der Waals surface area contributed by atoms with E-state index in [0.29, 0.717) is 0 Å². The number of nitriles is 1. The van der Waals surface area contributed by atoms with Crippen molar-refractivity contribution >= 4 is 5.69 Å². The summed E-state index contributed by atoms with van der Waals surface area (Å²) < 4.78 is 0. The van der Waals surface area contributed by atoms with Crippen LogP contribution in [0.5, 0.6) is 0 Å². The van der Waals surface area contributed by atoms with E-state index < -0.39 is 5.41 Å². The van der Waals surface area contributed by atoms with Gasteiger partial charge in [0.2, 0.25) is 0 Å². The molecule has 1 unspecified atom stereocenters. The molecule has 1 N–H and O–H groups in total. The highest BCUT2D eigenvalue weighted by molar-refractivity contribution is 5.48. The van der Waals surface area contributed by atoms with Crippen molar-refractivity contribution in [3.05, 3.63) is 54.1 Å². The lowest BCUT2D eigenvalue weighted by molar-refractivity contribution is 0.687. The fourth-order valence-corrected chi connectivity index (χ4v) is 1.91. The van der Waals surface area contributed by atoms with Crippen LogP contribution < -0.4 is 5.32 Å². The van der Waals surface area contributed by atoms with Crippen molar-refractivity contribution in [3.63, 3.8) is 0 Å². The first kappa shape index (κ1) is 14.0. The smallest absolute Gasteiger partial charge is 0.0806 e. The molecule has 2 rings (SSSR count). The van der Waals surface area contributed by atoms with Crippen molar-refractivity contribution in [3.8, 4) is 6.07 Å². The van der Waals surface area contributed by atoms with Crippen LogP contribution >= 0.6 is 0 Å². The van der Waals surface area contributed by atoms with Crippen molar-refractivity contribution in [2.45, 2.75) is 32.2 Å². The summed E-state index contributed by atoms with van der Waals surface area (Å²) in [5, 5.41) is 12.5. The Kier molecular flexibility index (Phi) is 3.99. The number of anilines is 1. The molecule has 0 bridgehead atoms. The number of rotatable bonds is 4. The van der Waals surface area contributed by atoms with Crippen molar-refractivity contribution < 1.29 is 0 Å². The van der Waals surface area contributed by atoms with Gasteiger partial charge in [-0.1, -0.05) is 12.1 Å². The van der Waals surface area contributed by atoms with Gasteiger partial charge in [-0.25, -0.2) is 0 Å². The van der Waals surface area contributed by atoms with Gasteiger partial charge in [-0.15, -0.1) is 0 Å². The minimum Gasteiger partial charge on any atom is -0.377 e. The average molecular weight is 266 g/mol. The monoisotopic (exact) mass is 266 g/mol. The largest absolute Gasteiger partial charge is 0.377 e. The van der Waals surface area contributed by atoms with Crippen LogP contribution in [0.1, 0.15) is 38.1 Å². The van der Waals surface area contributed by atoms with Crippen molar-refractivity contribution in [1.82, 2.24) is 9.97 Å². The molecule has 4 heteroatoms.